The van der Waals surface area contributed by atoms with E-state index < -0.39 is 0 Å². The number of benzene rings is 6. The van der Waals surface area contributed by atoms with Gasteiger partial charge >= 0.3 is 0 Å². The molecule has 0 radical (unpaired) electrons. The van der Waals surface area contributed by atoms with Gasteiger partial charge < -0.3 is 9.13 Å². The van der Waals surface area contributed by atoms with Crippen molar-refractivity contribution in [1.82, 2.24) is 9.13 Å². The van der Waals surface area contributed by atoms with Crippen molar-refractivity contribution in [1.29, 1.82) is 0 Å². The average molecular weight is 589 g/mol. The highest BCUT2D eigenvalue weighted by Gasteiger charge is 2.21. The van der Waals surface area contributed by atoms with E-state index in [4.69, 9.17) is 0 Å². The van der Waals surface area contributed by atoms with Gasteiger partial charge in [-0.25, -0.2) is 0 Å². The third-order valence-corrected chi connectivity index (χ3v) is 10.3. The van der Waals surface area contributed by atoms with Crippen molar-refractivity contribution in [2.24, 2.45) is 0 Å². The monoisotopic (exact) mass is 588 g/mol. The number of hydrogen-bond acceptors (Lipinski definition) is 0. The molecule has 46 heavy (non-hydrogen) atoms. The van der Waals surface area contributed by atoms with Crippen LogP contribution in [0.2, 0.25) is 0 Å². The highest BCUT2D eigenvalue weighted by Crippen LogP contribution is 2.41. The Morgan fingerprint density at radius 3 is 2.00 bits per heavy atom. The molecular weight excluding hydrogens is 556 g/mol. The van der Waals surface area contributed by atoms with E-state index >= 15 is 0 Å². The number of nitrogens with zero attached hydrogens (tertiary/aromatic N) is 2. The Balaban J connectivity index is 1.14. The van der Waals surface area contributed by atoms with Gasteiger partial charge in [-0.3, -0.25) is 0 Å². The zero-order chi connectivity index (χ0) is 30.4. The van der Waals surface area contributed by atoms with E-state index in [0.717, 1.165) is 12.8 Å². The van der Waals surface area contributed by atoms with Gasteiger partial charge in [-0.1, -0.05) is 103 Å². The minimum atomic E-state index is 0.327. The predicted octanol–water partition coefficient (Wildman–Crippen LogP) is 11.6. The minimum absolute atomic E-state index is 0.327. The first kappa shape index (κ1) is 25.7. The summed E-state index contributed by atoms with van der Waals surface area (Å²) in [5.41, 5.74) is 15.7. The zero-order valence-corrected chi connectivity index (χ0v) is 25.7. The summed E-state index contributed by atoms with van der Waals surface area (Å²) >= 11 is 0. The van der Waals surface area contributed by atoms with Crippen LogP contribution in [0, 0.1) is 0 Å². The molecule has 0 saturated carbocycles. The van der Waals surface area contributed by atoms with Crippen molar-refractivity contribution < 1.29 is 0 Å². The van der Waals surface area contributed by atoms with Crippen LogP contribution in [0.3, 0.4) is 0 Å². The van der Waals surface area contributed by atoms with Gasteiger partial charge in [0.2, 0.25) is 0 Å². The molecule has 2 aromatic heterocycles. The maximum atomic E-state index is 2.53. The quantitative estimate of drug-likeness (QED) is 0.194. The predicted molar refractivity (Wildman–Crippen MR) is 194 cm³/mol. The lowest BCUT2D eigenvalue weighted by molar-refractivity contribution is 0.643. The maximum Gasteiger partial charge on any atom is 0.0562 e. The van der Waals surface area contributed by atoms with E-state index in [1.165, 1.54) is 88.3 Å². The first-order valence-corrected chi connectivity index (χ1v) is 16.3. The Hall–Kier alpha value is -5.60. The third-order valence-electron chi connectivity index (χ3n) is 10.3. The summed E-state index contributed by atoms with van der Waals surface area (Å²) in [6.07, 6.45) is 8.98. The Morgan fingerprint density at radius 2 is 1.17 bits per heavy atom. The van der Waals surface area contributed by atoms with Crippen LogP contribution in [0.1, 0.15) is 30.5 Å². The summed E-state index contributed by atoms with van der Waals surface area (Å²) in [5.74, 6) is 0. The molecule has 0 saturated heterocycles. The molecule has 2 heterocycles. The second kappa shape index (κ2) is 9.70. The van der Waals surface area contributed by atoms with E-state index in [2.05, 4.69) is 162 Å². The summed E-state index contributed by atoms with van der Waals surface area (Å²) in [5, 5.41) is 5.20. The molecular formula is C44H32N2. The highest BCUT2D eigenvalue weighted by atomic mass is 15.0. The van der Waals surface area contributed by atoms with Gasteiger partial charge in [0.05, 0.1) is 17.1 Å². The molecule has 2 aliphatic rings. The van der Waals surface area contributed by atoms with Crippen LogP contribution in [0.15, 0.2) is 151 Å². The van der Waals surface area contributed by atoms with E-state index in [-0.39, 0.29) is 0 Å². The molecule has 2 nitrogen and oxygen atoms in total. The van der Waals surface area contributed by atoms with Crippen LogP contribution in [0.4, 0.5) is 0 Å². The summed E-state index contributed by atoms with van der Waals surface area (Å²) in [6, 6.07) is 48.0. The van der Waals surface area contributed by atoms with Gasteiger partial charge in [0, 0.05) is 38.3 Å². The number of fused-ring (bicyclic) bond motifs is 9. The van der Waals surface area contributed by atoms with Crippen molar-refractivity contribution in [2.45, 2.75) is 25.8 Å². The average Bonchev–Trinajstić information content (AvgIpc) is 3.75. The summed E-state index contributed by atoms with van der Waals surface area (Å²) < 4.78 is 4.98. The second-order valence-electron chi connectivity index (χ2n) is 13.0. The number of rotatable bonds is 3. The topological polar surface area (TPSA) is 9.86 Å². The molecule has 218 valence electrons. The van der Waals surface area contributed by atoms with Crippen molar-refractivity contribution in [3.63, 3.8) is 0 Å². The lowest BCUT2D eigenvalue weighted by Crippen LogP contribution is -2.07. The van der Waals surface area contributed by atoms with Crippen LogP contribution >= 0.6 is 0 Å². The van der Waals surface area contributed by atoms with Gasteiger partial charge in [0.1, 0.15) is 0 Å². The van der Waals surface area contributed by atoms with Crippen molar-refractivity contribution in [3.8, 4) is 27.9 Å². The maximum absolute atomic E-state index is 2.53. The molecule has 2 aliphatic carbocycles. The van der Waals surface area contributed by atoms with Gasteiger partial charge in [-0.2, -0.15) is 0 Å². The summed E-state index contributed by atoms with van der Waals surface area (Å²) in [4.78, 5) is 0. The number of aromatic nitrogens is 2. The van der Waals surface area contributed by atoms with Crippen LogP contribution < -0.4 is 0 Å². The van der Waals surface area contributed by atoms with Gasteiger partial charge in [0.25, 0.3) is 0 Å². The van der Waals surface area contributed by atoms with E-state index in [1.54, 1.807) is 0 Å². The van der Waals surface area contributed by atoms with Crippen LogP contribution in [0.25, 0.3) is 71.6 Å². The molecule has 1 atom stereocenters. The minimum Gasteiger partial charge on any atom is -0.333 e. The van der Waals surface area contributed by atoms with Crippen molar-refractivity contribution in [2.75, 3.05) is 0 Å². The molecule has 2 heteroatoms. The van der Waals surface area contributed by atoms with E-state index in [1.807, 2.05) is 0 Å². The highest BCUT2D eigenvalue weighted by molar-refractivity contribution is 6.12. The van der Waals surface area contributed by atoms with Crippen LogP contribution in [-0.2, 0) is 6.42 Å². The largest absolute Gasteiger partial charge is 0.333 e. The standard InChI is InChI=1S/C44H32N2/c1-28-9-8-11-33(23-28)45-41-15-6-4-13-36(41)39-25-29(18-21-43(39)45)30-19-22-44-40(26-30)37-14-5-7-16-42(37)46(44)34-20-17-32-24-31-10-2-3-12-35(31)38(32)27-34/h2-10,12-23,25-27,33H,11,24H2,1H3. The Morgan fingerprint density at radius 1 is 0.543 bits per heavy atom. The Kier molecular flexibility index (Phi) is 5.42. The van der Waals surface area contributed by atoms with Crippen molar-refractivity contribution >= 4 is 43.6 Å². The van der Waals surface area contributed by atoms with Crippen molar-refractivity contribution in [3.05, 3.63) is 162 Å². The number of hydrogen-bond donors (Lipinski definition) is 0. The summed E-state index contributed by atoms with van der Waals surface area (Å²) in [6.45, 7) is 2.20. The van der Waals surface area contributed by atoms with Gasteiger partial charge in [0.15, 0.2) is 0 Å². The Bertz CT molecular complexity index is 2600. The van der Waals surface area contributed by atoms with E-state index in [0.29, 0.717) is 6.04 Å². The molecule has 0 spiro atoms. The second-order valence-corrected chi connectivity index (χ2v) is 13.0. The molecule has 6 aromatic carbocycles. The molecule has 0 fully saturated rings. The molecule has 0 N–H and O–H groups in total. The SMILES string of the molecule is CC1=CC(n2c3ccccc3c3cc(-c4ccc5c(c4)c4ccccc4n5-c4ccc5c(c4)-c4ccccc4C5)ccc32)CC=C1. The van der Waals surface area contributed by atoms with E-state index in [9.17, 15) is 0 Å². The first-order valence-electron chi connectivity index (χ1n) is 16.3. The van der Waals surface area contributed by atoms with Gasteiger partial charge in [-0.15, -0.1) is 0 Å². The fourth-order valence-electron chi connectivity index (χ4n) is 8.22. The van der Waals surface area contributed by atoms with Crippen LogP contribution in [0.5, 0.6) is 0 Å². The van der Waals surface area contributed by atoms with Gasteiger partial charge in [-0.05, 0) is 102 Å². The molecule has 1 unspecified atom stereocenters. The fraction of sp³-hybridized carbons (Fsp3) is 0.0909. The molecule has 0 amide bonds. The fourth-order valence-corrected chi connectivity index (χ4v) is 8.22. The third kappa shape index (κ3) is 3.71. The lowest BCUT2D eigenvalue weighted by Gasteiger charge is -2.20. The number of para-hydroxylation sites is 2. The smallest absolute Gasteiger partial charge is 0.0562 e. The zero-order valence-electron chi connectivity index (χ0n) is 25.7. The molecule has 0 aliphatic heterocycles. The number of allylic oxidation sites excluding steroid dienone is 4. The first-order chi connectivity index (χ1) is 22.7. The molecule has 10 rings (SSSR count). The molecule has 8 aromatic rings. The molecule has 0 bridgehead atoms. The summed E-state index contributed by atoms with van der Waals surface area (Å²) in [7, 11) is 0. The van der Waals surface area contributed by atoms with Crippen LogP contribution in [-0.4, -0.2) is 9.13 Å². The lowest BCUT2D eigenvalue weighted by atomic mass is 10.0. The Labute approximate surface area is 268 Å². The normalized spacial score (nSPS) is 15.6.